The molecular weight excluding hydrogens is 158 g/mol. The van der Waals surface area contributed by atoms with Crippen molar-refractivity contribution < 1.29 is 0 Å². The van der Waals surface area contributed by atoms with E-state index in [1.165, 1.54) is 44.2 Å². The maximum absolute atomic E-state index is 4.67. The quantitative estimate of drug-likeness (QED) is 0.524. The number of aliphatic imine (C=N–C) groups is 1. The molecule has 0 spiro atoms. The van der Waals surface area contributed by atoms with Gasteiger partial charge in [0.05, 0.1) is 0 Å². The Kier molecular flexibility index (Phi) is 8.07. The van der Waals surface area contributed by atoms with Gasteiger partial charge in [0, 0.05) is 11.8 Å². The van der Waals surface area contributed by atoms with E-state index in [0.29, 0.717) is 6.04 Å². The molecule has 13 heavy (non-hydrogen) atoms. The van der Waals surface area contributed by atoms with Crippen LogP contribution in [0.1, 0.15) is 66.2 Å². The van der Waals surface area contributed by atoms with Crippen LogP contribution in [-0.2, 0) is 0 Å². The van der Waals surface area contributed by atoms with Crippen molar-refractivity contribution in [3.63, 3.8) is 0 Å². The van der Waals surface area contributed by atoms with Crippen LogP contribution in [0.2, 0.25) is 0 Å². The van der Waals surface area contributed by atoms with Crippen LogP contribution in [-0.4, -0.2) is 11.8 Å². The van der Waals surface area contributed by atoms with Crippen LogP contribution in [0.5, 0.6) is 0 Å². The third-order valence-electron chi connectivity index (χ3n) is 2.08. The van der Waals surface area contributed by atoms with E-state index >= 15 is 0 Å². The predicted molar refractivity (Wildman–Crippen MR) is 61.6 cm³/mol. The Bertz CT molecular complexity index is 126. The van der Waals surface area contributed by atoms with Crippen LogP contribution in [0.15, 0.2) is 4.99 Å². The van der Waals surface area contributed by atoms with Crippen LogP contribution >= 0.6 is 0 Å². The first kappa shape index (κ1) is 12.7. The summed E-state index contributed by atoms with van der Waals surface area (Å²) in [5.41, 5.74) is 1.44. The minimum Gasteiger partial charge on any atom is -0.291 e. The summed E-state index contributed by atoms with van der Waals surface area (Å²) in [6.07, 6.45) is 7.60. The highest BCUT2D eigenvalue weighted by Gasteiger charge is 1.99. The Balaban J connectivity index is 3.87. The highest BCUT2D eigenvalue weighted by Crippen LogP contribution is 2.07. The van der Waals surface area contributed by atoms with E-state index in [2.05, 4.69) is 32.7 Å². The zero-order valence-corrected chi connectivity index (χ0v) is 9.77. The Hall–Kier alpha value is -0.330. The third-order valence-corrected chi connectivity index (χ3v) is 2.08. The average molecular weight is 183 g/mol. The van der Waals surface area contributed by atoms with Crippen LogP contribution in [0.3, 0.4) is 0 Å². The molecule has 0 aliphatic carbocycles. The minimum absolute atomic E-state index is 0.476. The van der Waals surface area contributed by atoms with E-state index in [9.17, 15) is 0 Å². The van der Waals surface area contributed by atoms with Crippen molar-refractivity contribution in [2.75, 3.05) is 0 Å². The number of nitrogens with zero attached hydrogens (tertiary/aromatic N) is 1. The first-order chi connectivity index (χ1) is 6.20. The van der Waals surface area contributed by atoms with Crippen molar-refractivity contribution in [1.82, 2.24) is 0 Å². The van der Waals surface area contributed by atoms with Crippen molar-refractivity contribution in [1.29, 1.82) is 0 Å². The summed E-state index contributed by atoms with van der Waals surface area (Å²) < 4.78 is 0. The second-order valence-electron chi connectivity index (χ2n) is 4.00. The van der Waals surface area contributed by atoms with Gasteiger partial charge in [0.2, 0.25) is 0 Å². The Morgan fingerprint density at radius 3 is 1.77 bits per heavy atom. The molecule has 0 saturated heterocycles. The van der Waals surface area contributed by atoms with Crippen LogP contribution < -0.4 is 0 Å². The lowest BCUT2D eigenvalue weighted by Gasteiger charge is -2.07. The lowest BCUT2D eigenvalue weighted by atomic mass is 10.1. The first-order valence-corrected chi connectivity index (χ1v) is 5.76. The zero-order chi connectivity index (χ0) is 10.1. The highest BCUT2D eigenvalue weighted by atomic mass is 14.8. The highest BCUT2D eigenvalue weighted by molar-refractivity contribution is 5.84. The molecule has 0 bridgehead atoms. The molecule has 0 radical (unpaired) electrons. The summed E-state index contributed by atoms with van der Waals surface area (Å²) in [7, 11) is 0. The fourth-order valence-electron chi connectivity index (χ4n) is 1.38. The lowest BCUT2D eigenvalue weighted by Crippen LogP contribution is -2.03. The van der Waals surface area contributed by atoms with Gasteiger partial charge in [-0.25, -0.2) is 0 Å². The summed E-state index contributed by atoms with van der Waals surface area (Å²) >= 11 is 0. The molecule has 0 N–H and O–H groups in total. The molecule has 0 aromatic carbocycles. The standard InChI is InChI=1S/C12H25N/c1-5-7-9-12(10-8-6-2)13-11(3)4/h11H,5-10H2,1-4H3. The molecule has 0 rings (SSSR count). The van der Waals surface area contributed by atoms with Crippen molar-refractivity contribution in [2.24, 2.45) is 4.99 Å². The summed E-state index contributed by atoms with van der Waals surface area (Å²) in [4.78, 5) is 4.67. The van der Waals surface area contributed by atoms with Crippen LogP contribution in [0, 0.1) is 0 Å². The van der Waals surface area contributed by atoms with Crippen LogP contribution in [0.25, 0.3) is 0 Å². The van der Waals surface area contributed by atoms with Gasteiger partial charge >= 0.3 is 0 Å². The van der Waals surface area contributed by atoms with E-state index < -0.39 is 0 Å². The van der Waals surface area contributed by atoms with Gasteiger partial charge in [0.15, 0.2) is 0 Å². The molecule has 0 heterocycles. The molecule has 0 fully saturated rings. The molecular formula is C12H25N. The second-order valence-corrected chi connectivity index (χ2v) is 4.00. The zero-order valence-electron chi connectivity index (χ0n) is 9.77. The van der Waals surface area contributed by atoms with Gasteiger partial charge in [-0.3, -0.25) is 4.99 Å². The maximum atomic E-state index is 4.67. The number of hydrogen-bond acceptors (Lipinski definition) is 1. The second kappa shape index (κ2) is 8.28. The monoisotopic (exact) mass is 183 g/mol. The van der Waals surface area contributed by atoms with E-state index in [4.69, 9.17) is 0 Å². The third kappa shape index (κ3) is 8.01. The molecule has 0 unspecified atom stereocenters. The van der Waals surface area contributed by atoms with E-state index in [1.807, 2.05) is 0 Å². The van der Waals surface area contributed by atoms with E-state index in [0.717, 1.165) is 0 Å². The predicted octanol–water partition coefficient (Wildman–Crippen LogP) is 4.22. The summed E-state index contributed by atoms with van der Waals surface area (Å²) in [6, 6.07) is 0.476. The summed E-state index contributed by atoms with van der Waals surface area (Å²) in [6.45, 7) is 8.81. The molecule has 0 aliphatic heterocycles. The topological polar surface area (TPSA) is 12.4 Å². The molecule has 0 aliphatic rings. The Morgan fingerprint density at radius 2 is 1.46 bits per heavy atom. The first-order valence-electron chi connectivity index (χ1n) is 5.76. The molecule has 0 atom stereocenters. The van der Waals surface area contributed by atoms with Gasteiger partial charge in [-0.1, -0.05) is 26.7 Å². The van der Waals surface area contributed by atoms with Crippen molar-refractivity contribution >= 4 is 5.71 Å². The van der Waals surface area contributed by atoms with E-state index in [1.54, 1.807) is 0 Å². The minimum atomic E-state index is 0.476. The van der Waals surface area contributed by atoms with E-state index in [-0.39, 0.29) is 0 Å². The lowest BCUT2D eigenvalue weighted by molar-refractivity contribution is 0.757. The molecule has 0 aromatic rings. The van der Waals surface area contributed by atoms with Gasteiger partial charge in [-0.2, -0.15) is 0 Å². The molecule has 1 nitrogen and oxygen atoms in total. The Labute approximate surface area is 83.6 Å². The van der Waals surface area contributed by atoms with Gasteiger partial charge in [-0.05, 0) is 39.5 Å². The Morgan fingerprint density at radius 1 is 1.00 bits per heavy atom. The molecule has 0 saturated carbocycles. The molecule has 78 valence electrons. The number of rotatable bonds is 7. The summed E-state index contributed by atoms with van der Waals surface area (Å²) in [5, 5.41) is 0. The van der Waals surface area contributed by atoms with Gasteiger partial charge in [0.25, 0.3) is 0 Å². The van der Waals surface area contributed by atoms with Crippen molar-refractivity contribution in [2.45, 2.75) is 72.3 Å². The molecule has 0 amide bonds. The van der Waals surface area contributed by atoms with Gasteiger partial charge in [0.1, 0.15) is 0 Å². The largest absolute Gasteiger partial charge is 0.291 e. The number of hydrogen-bond donors (Lipinski definition) is 0. The smallest absolute Gasteiger partial charge is 0.0442 e. The SMILES string of the molecule is CCCCC(CCCC)=NC(C)C. The fraction of sp³-hybridized carbons (Fsp3) is 0.917. The normalized spacial score (nSPS) is 10.5. The molecule has 0 aromatic heterocycles. The summed E-state index contributed by atoms with van der Waals surface area (Å²) in [5.74, 6) is 0. The van der Waals surface area contributed by atoms with Gasteiger partial charge in [-0.15, -0.1) is 0 Å². The molecule has 1 heteroatoms. The van der Waals surface area contributed by atoms with Crippen LogP contribution in [0.4, 0.5) is 0 Å². The van der Waals surface area contributed by atoms with Crippen molar-refractivity contribution in [3.05, 3.63) is 0 Å². The number of unbranched alkanes of at least 4 members (excludes halogenated alkanes) is 2. The van der Waals surface area contributed by atoms with Crippen molar-refractivity contribution in [3.8, 4) is 0 Å². The maximum Gasteiger partial charge on any atom is 0.0442 e. The average Bonchev–Trinajstić information content (AvgIpc) is 2.09. The fourth-order valence-corrected chi connectivity index (χ4v) is 1.38. The van der Waals surface area contributed by atoms with Gasteiger partial charge < -0.3 is 0 Å².